The summed E-state index contributed by atoms with van der Waals surface area (Å²) in [6.45, 7) is 9.44. The van der Waals surface area contributed by atoms with Gasteiger partial charge in [0.05, 0.1) is 5.56 Å². The third-order valence-electron chi connectivity index (χ3n) is 5.89. The number of amides is 1. The maximum Gasteiger partial charge on any atom is 0.266 e. The molecule has 168 valence electrons. The number of carbonyl (C=O) groups is 1. The van der Waals surface area contributed by atoms with Gasteiger partial charge in [-0.05, 0) is 12.1 Å². The molecular weight excluding hydrogens is 401 g/mol. The van der Waals surface area contributed by atoms with Crippen LogP contribution in [0.25, 0.3) is 0 Å². The second-order valence-corrected chi connectivity index (χ2v) is 15.0. The standard InChI is InChI=1S/C16H37P.C7H5NO3S/c1-5-9-13-17(14-10-6-2,15-11-7-3)16-12-8-4;9-7-5-3-1-2-4-6(5)12(10,11)8-7/h17H,5-16H2,1-4H3;1-4H,(H,8,9). The molecular formula is C23H42NO3PS. The van der Waals surface area contributed by atoms with Crippen LogP contribution in [0.4, 0.5) is 0 Å². The molecule has 0 fully saturated rings. The fraction of sp³-hybridized carbons (Fsp3) is 0.696. The molecule has 2 rings (SSSR count). The van der Waals surface area contributed by atoms with Gasteiger partial charge in [0.15, 0.2) is 0 Å². The van der Waals surface area contributed by atoms with Crippen LogP contribution in [0.15, 0.2) is 29.2 Å². The number of sulfonamides is 1. The number of fused-ring (bicyclic) bond motifs is 1. The maximum atomic E-state index is 11.1. The fourth-order valence-electron chi connectivity index (χ4n) is 4.08. The van der Waals surface area contributed by atoms with Crippen molar-refractivity contribution in [3.05, 3.63) is 29.8 Å². The average Bonchev–Trinajstić information content (AvgIpc) is 2.96. The van der Waals surface area contributed by atoms with Crippen molar-refractivity contribution >= 4 is 23.2 Å². The summed E-state index contributed by atoms with van der Waals surface area (Å²) in [6, 6.07) is 6.09. The average molecular weight is 444 g/mol. The zero-order valence-corrected chi connectivity index (χ0v) is 20.7. The molecule has 0 saturated carbocycles. The van der Waals surface area contributed by atoms with Gasteiger partial charge in [0.2, 0.25) is 0 Å². The quantitative estimate of drug-likeness (QED) is 0.400. The van der Waals surface area contributed by atoms with E-state index in [0.717, 1.165) is 0 Å². The summed E-state index contributed by atoms with van der Waals surface area (Å²) in [5.41, 5.74) is 0.220. The Bertz CT molecular complexity index is 681. The van der Waals surface area contributed by atoms with E-state index in [4.69, 9.17) is 0 Å². The van der Waals surface area contributed by atoms with Gasteiger partial charge in [0.25, 0.3) is 15.9 Å². The Morgan fingerprint density at radius 3 is 1.55 bits per heavy atom. The van der Waals surface area contributed by atoms with Gasteiger partial charge in [-0.2, -0.15) is 0 Å². The Hall–Kier alpha value is -0.930. The van der Waals surface area contributed by atoms with Gasteiger partial charge < -0.3 is 0 Å². The molecule has 0 bridgehead atoms. The third-order valence-corrected chi connectivity index (χ3v) is 12.9. The monoisotopic (exact) mass is 443 g/mol. The van der Waals surface area contributed by atoms with Crippen molar-refractivity contribution in [3.63, 3.8) is 0 Å². The van der Waals surface area contributed by atoms with Crippen LogP contribution in [-0.4, -0.2) is 39.0 Å². The molecule has 4 nitrogen and oxygen atoms in total. The molecule has 29 heavy (non-hydrogen) atoms. The molecule has 1 amide bonds. The first kappa shape index (κ1) is 26.1. The van der Waals surface area contributed by atoms with E-state index in [2.05, 4.69) is 27.7 Å². The zero-order chi connectivity index (χ0) is 21.8. The van der Waals surface area contributed by atoms with Gasteiger partial charge in [-0.15, -0.1) is 0 Å². The summed E-state index contributed by atoms with van der Waals surface area (Å²) < 4.78 is 24.2. The van der Waals surface area contributed by atoms with Crippen LogP contribution in [0.2, 0.25) is 0 Å². The number of benzene rings is 1. The first-order chi connectivity index (χ1) is 13.9. The number of nitrogens with one attached hydrogen (secondary N) is 1. The van der Waals surface area contributed by atoms with Crippen LogP contribution in [0.1, 0.15) is 89.4 Å². The zero-order valence-electron chi connectivity index (χ0n) is 18.9. The SMILES string of the molecule is CCCC[PH](CCCC)(CCCC)CCCC.O=C1NS(=O)(=O)c2ccccc21. The summed E-state index contributed by atoms with van der Waals surface area (Å²) in [4.78, 5) is 11.1. The normalized spacial score (nSPS) is 15.2. The van der Waals surface area contributed by atoms with Crippen molar-refractivity contribution in [3.8, 4) is 0 Å². The summed E-state index contributed by atoms with van der Waals surface area (Å²) >= 11 is 0. The summed E-state index contributed by atoms with van der Waals surface area (Å²) in [5.74, 6) is -0.550. The number of unbranched alkanes of at least 4 members (excludes halogenated alkanes) is 4. The van der Waals surface area contributed by atoms with Gasteiger partial charge in [-0.3, -0.25) is 4.79 Å². The van der Waals surface area contributed by atoms with E-state index in [1.54, 1.807) is 36.8 Å². The Morgan fingerprint density at radius 2 is 1.17 bits per heavy atom. The molecule has 1 aliphatic heterocycles. The molecule has 1 aliphatic rings. The van der Waals surface area contributed by atoms with E-state index in [1.807, 2.05) is 4.72 Å². The van der Waals surface area contributed by atoms with Crippen molar-refractivity contribution in [2.75, 3.05) is 24.6 Å². The van der Waals surface area contributed by atoms with Crippen LogP contribution in [0.5, 0.6) is 0 Å². The Kier molecular flexibility index (Phi) is 12.1. The van der Waals surface area contributed by atoms with E-state index < -0.39 is 23.2 Å². The van der Waals surface area contributed by atoms with E-state index in [9.17, 15) is 13.2 Å². The van der Waals surface area contributed by atoms with E-state index in [0.29, 0.717) is 0 Å². The van der Waals surface area contributed by atoms with Crippen molar-refractivity contribution in [2.45, 2.75) is 84.0 Å². The topological polar surface area (TPSA) is 63.2 Å². The van der Waals surface area contributed by atoms with Gasteiger partial charge in [0, 0.05) is 0 Å². The minimum Gasteiger partial charge on any atom is -0.268 e. The van der Waals surface area contributed by atoms with Crippen molar-refractivity contribution < 1.29 is 13.2 Å². The second-order valence-electron chi connectivity index (χ2n) is 8.34. The van der Waals surface area contributed by atoms with Crippen LogP contribution >= 0.6 is 7.26 Å². The molecule has 0 radical (unpaired) electrons. The number of rotatable bonds is 12. The number of carbonyl (C=O) groups excluding carboxylic acids is 1. The molecule has 0 unspecified atom stereocenters. The smallest absolute Gasteiger partial charge is 0.266 e. The Labute approximate surface area is 179 Å². The number of hydrogen-bond donors (Lipinski definition) is 1. The first-order valence-electron chi connectivity index (χ1n) is 11.5. The molecule has 1 aromatic rings. The van der Waals surface area contributed by atoms with Gasteiger partial charge >= 0.3 is 111 Å². The van der Waals surface area contributed by atoms with Crippen LogP contribution in [0, 0.1) is 0 Å². The minimum atomic E-state index is -3.55. The molecule has 1 aromatic carbocycles. The van der Waals surface area contributed by atoms with Crippen molar-refractivity contribution in [1.29, 1.82) is 0 Å². The molecule has 0 aliphatic carbocycles. The Balaban J connectivity index is 0.000000304. The van der Waals surface area contributed by atoms with E-state index in [-0.39, 0.29) is 10.5 Å². The molecule has 6 heteroatoms. The molecule has 1 heterocycles. The van der Waals surface area contributed by atoms with Gasteiger partial charge in [-0.25, -0.2) is 13.1 Å². The predicted molar refractivity (Wildman–Crippen MR) is 129 cm³/mol. The molecule has 0 saturated heterocycles. The van der Waals surface area contributed by atoms with Crippen LogP contribution in [-0.2, 0) is 10.0 Å². The van der Waals surface area contributed by atoms with E-state index >= 15 is 0 Å². The second kappa shape index (κ2) is 13.4. The minimum absolute atomic E-state index is 0.0648. The van der Waals surface area contributed by atoms with Gasteiger partial charge in [-0.1, -0.05) is 12.1 Å². The van der Waals surface area contributed by atoms with Crippen LogP contribution < -0.4 is 4.72 Å². The molecule has 0 spiro atoms. The van der Waals surface area contributed by atoms with Gasteiger partial charge in [0.1, 0.15) is 4.90 Å². The predicted octanol–water partition coefficient (Wildman–Crippen LogP) is 6.06. The first-order valence-corrected chi connectivity index (χ1v) is 15.8. The molecule has 0 aromatic heterocycles. The summed E-state index contributed by atoms with van der Waals surface area (Å²) in [5, 5.41) is 0. The largest absolute Gasteiger partial charge is 0.268 e. The maximum absolute atomic E-state index is 11.1. The summed E-state index contributed by atoms with van der Waals surface area (Å²) in [7, 11) is -4.43. The third kappa shape index (κ3) is 8.38. The number of hydrogen-bond acceptors (Lipinski definition) is 3. The van der Waals surface area contributed by atoms with E-state index in [1.165, 1.54) is 63.5 Å². The Morgan fingerprint density at radius 1 is 0.759 bits per heavy atom. The molecule has 0 atom stereocenters. The van der Waals surface area contributed by atoms with Crippen LogP contribution in [0.3, 0.4) is 0 Å². The summed E-state index contributed by atoms with van der Waals surface area (Å²) in [6.07, 6.45) is 18.1. The molecule has 1 N–H and O–H groups in total. The van der Waals surface area contributed by atoms with Crippen molar-refractivity contribution in [1.82, 2.24) is 4.72 Å². The van der Waals surface area contributed by atoms with Crippen molar-refractivity contribution in [2.24, 2.45) is 0 Å². The fourth-order valence-corrected chi connectivity index (χ4v) is 11.2.